The van der Waals surface area contributed by atoms with Gasteiger partial charge >= 0.3 is 6.09 Å². The summed E-state index contributed by atoms with van der Waals surface area (Å²) in [5.41, 5.74) is 0.780. The van der Waals surface area contributed by atoms with Gasteiger partial charge in [-0.15, -0.1) is 0 Å². The molecule has 0 saturated heterocycles. The Morgan fingerprint density at radius 2 is 1.89 bits per heavy atom. The van der Waals surface area contributed by atoms with Crippen molar-refractivity contribution in [3.8, 4) is 0 Å². The van der Waals surface area contributed by atoms with Gasteiger partial charge in [0.25, 0.3) is 0 Å². The van der Waals surface area contributed by atoms with E-state index in [0.717, 1.165) is 5.56 Å². The van der Waals surface area contributed by atoms with Crippen LogP contribution < -0.4 is 10.6 Å². The quantitative estimate of drug-likeness (QED) is 0.640. The van der Waals surface area contributed by atoms with Gasteiger partial charge in [0.15, 0.2) is 0 Å². The summed E-state index contributed by atoms with van der Waals surface area (Å²) in [6.45, 7) is 5.21. The fourth-order valence-corrected chi connectivity index (χ4v) is 2.52. The molecule has 2 atom stereocenters. The first-order valence-corrected chi connectivity index (χ1v) is 8.96. The van der Waals surface area contributed by atoms with Gasteiger partial charge in [0.2, 0.25) is 12.2 Å². The number of benzene rings is 1. The highest BCUT2D eigenvalue weighted by molar-refractivity contribution is 5.88. The molecule has 1 radical (unpaired) electrons. The van der Waals surface area contributed by atoms with Gasteiger partial charge in [0.05, 0.1) is 12.0 Å². The molecular weight excluding hydrogens is 360 g/mol. The Kier molecular flexibility index (Phi) is 7.31. The van der Waals surface area contributed by atoms with E-state index in [2.05, 4.69) is 20.6 Å². The van der Waals surface area contributed by atoms with Crippen LogP contribution in [0.4, 0.5) is 4.79 Å². The first kappa shape index (κ1) is 21.1. The van der Waals surface area contributed by atoms with E-state index in [1.807, 2.05) is 30.3 Å². The molecule has 2 rings (SSSR count). The Morgan fingerprint density at radius 3 is 2.46 bits per heavy atom. The summed E-state index contributed by atoms with van der Waals surface area (Å²) in [6.07, 6.45) is 4.67. The molecule has 2 amide bonds. The zero-order chi connectivity index (χ0) is 20.6. The molecule has 8 nitrogen and oxygen atoms in total. The summed E-state index contributed by atoms with van der Waals surface area (Å²) in [6, 6.07) is 7.46. The van der Waals surface area contributed by atoms with Crippen LogP contribution in [-0.4, -0.2) is 45.9 Å². The number of imidazole rings is 1. The summed E-state index contributed by atoms with van der Waals surface area (Å²) >= 11 is 0. The lowest BCUT2D eigenvalue weighted by atomic mass is 10.0. The van der Waals surface area contributed by atoms with Gasteiger partial charge in [-0.2, -0.15) is 0 Å². The lowest BCUT2D eigenvalue weighted by Gasteiger charge is -2.24. The minimum Gasteiger partial charge on any atom is -0.444 e. The second-order valence-corrected chi connectivity index (χ2v) is 7.33. The van der Waals surface area contributed by atoms with Gasteiger partial charge in [-0.25, -0.2) is 9.78 Å². The number of nitrogens with zero attached hydrogens (tertiary/aromatic N) is 1. The van der Waals surface area contributed by atoms with E-state index >= 15 is 0 Å². The highest BCUT2D eigenvalue weighted by Crippen LogP contribution is 2.09. The van der Waals surface area contributed by atoms with Gasteiger partial charge in [0, 0.05) is 19.0 Å². The van der Waals surface area contributed by atoms with Crippen molar-refractivity contribution in [3.63, 3.8) is 0 Å². The Hall–Kier alpha value is -3.16. The molecule has 0 saturated carbocycles. The van der Waals surface area contributed by atoms with Crippen LogP contribution in [0, 0.1) is 0 Å². The molecule has 0 aliphatic carbocycles. The standard InChI is InChI=1S/C20H25N4O4/c1-20(2,3)28-19(27)24-17(9-14-7-5-4-6-8-14)18(26)23-16(12-25)10-15-11-21-13-22-15/h4-8,11,13,16-17H,9-10H2,1-3H3,(H,21,22)(H,23,26)(H,24,27). The molecule has 8 heteroatoms. The smallest absolute Gasteiger partial charge is 0.408 e. The van der Waals surface area contributed by atoms with E-state index in [0.29, 0.717) is 5.69 Å². The second-order valence-electron chi connectivity index (χ2n) is 7.33. The average Bonchev–Trinajstić information content (AvgIpc) is 3.13. The molecule has 0 bridgehead atoms. The Balaban J connectivity index is 2.08. The number of ether oxygens (including phenoxy) is 1. The molecule has 0 spiro atoms. The minimum absolute atomic E-state index is 0.198. The highest BCUT2D eigenvalue weighted by atomic mass is 16.6. The SMILES string of the molecule is CC(C)(C)OC(=O)NC(Cc1ccccc1)C(=O)NC([C]=O)Cc1c[nH]cn1. The Labute approximate surface area is 164 Å². The minimum atomic E-state index is -0.910. The molecule has 0 aliphatic rings. The fourth-order valence-electron chi connectivity index (χ4n) is 2.52. The predicted molar refractivity (Wildman–Crippen MR) is 103 cm³/mol. The number of hydrogen-bond acceptors (Lipinski definition) is 5. The van der Waals surface area contributed by atoms with Gasteiger partial charge in [0.1, 0.15) is 17.7 Å². The number of aromatic nitrogens is 2. The van der Waals surface area contributed by atoms with Crippen LogP contribution in [0.15, 0.2) is 42.9 Å². The van der Waals surface area contributed by atoms with Crippen molar-refractivity contribution in [2.45, 2.75) is 51.3 Å². The maximum atomic E-state index is 12.8. The van der Waals surface area contributed by atoms with Crippen molar-refractivity contribution in [2.24, 2.45) is 0 Å². The largest absolute Gasteiger partial charge is 0.444 e. The molecule has 0 fully saturated rings. The maximum Gasteiger partial charge on any atom is 0.408 e. The van der Waals surface area contributed by atoms with Crippen molar-refractivity contribution in [1.82, 2.24) is 20.6 Å². The molecule has 1 heterocycles. The third-order valence-electron chi connectivity index (χ3n) is 3.72. The van der Waals surface area contributed by atoms with Crippen molar-refractivity contribution in [2.75, 3.05) is 0 Å². The monoisotopic (exact) mass is 385 g/mol. The van der Waals surface area contributed by atoms with Gasteiger partial charge < -0.3 is 20.4 Å². The number of aromatic amines is 1. The third kappa shape index (κ3) is 7.22. The van der Waals surface area contributed by atoms with Crippen molar-refractivity contribution in [3.05, 3.63) is 54.1 Å². The summed E-state index contributed by atoms with van der Waals surface area (Å²) in [4.78, 5) is 43.0. The number of hydrogen-bond donors (Lipinski definition) is 3. The normalized spacial score (nSPS) is 13.2. The topological polar surface area (TPSA) is 113 Å². The van der Waals surface area contributed by atoms with E-state index in [9.17, 15) is 14.4 Å². The average molecular weight is 385 g/mol. The van der Waals surface area contributed by atoms with Crippen molar-refractivity contribution < 1.29 is 19.1 Å². The molecule has 149 valence electrons. The van der Waals surface area contributed by atoms with Crippen molar-refractivity contribution >= 4 is 18.3 Å². The fraction of sp³-hybridized carbons (Fsp3) is 0.400. The van der Waals surface area contributed by atoms with Gasteiger partial charge in [-0.05, 0) is 26.3 Å². The number of carbonyl (C=O) groups excluding carboxylic acids is 3. The lowest BCUT2D eigenvalue weighted by Crippen LogP contribution is -2.52. The number of rotatable bonds is 8. The molecule has 1 aromatic carbocycles. The zero-order valence-corrected chi connectivity index (χ0v) is 16.2. The molecule has 3 N–H and O–H groups in total. The Bertz CT molecular complexity index is 769. The van der Waals surface area contributed by atoms with Crippen LogP contribution in [0.1, 0.15) is 32.0 Å². The third-order valence-corrected chi connectivity index (χ3v) is 3.72. The van der Waals surface area contributed by atoms with Crippen LogP contribution in [0.2, 0.25) is 0 Å². The number of nitrogens with one attached hydrogen (secondary N) is 3. The molecule has 0 aliphatic heterocycles. The van der Waals surface area contributed by atoms with Crippen LogP contribution in [-0.2, 0) is 27.2 Å². The molecule has 28 heavy (non-hydrogen) atoms. The first-order chi connectivity index (χ1) is 13.3. The van der Waals surface area contributed by atoms with E-state index < -0.39 is 29.7 Å². The van der Waals surface area contributed by atoms with E-state index in [4.69, 9.17) is 4.74 Å². The van der Waals surface area contributed by atoms with Gasteiger partial charge in [-0.1, -0.05) is 30.3 Å². The summed E-state index contributed by atoms with van der Waals surface area (Å²) in [5.74, 6) is -0.501. The second kappa shape index (κ2) is 9.68. The van der Waals surface area contributed by atoms with E-state index in [-0.39, 0.29) is 12.8 Å². The number of amides is 2. The van der Waals surface area contributed by atoms with Crippen LogP contribution in [0.25, 0.3) is 0 Å². The van der Waals surface area contributed by atoms with Gasteiger partial charge in [-0.3, -0.25) is 9.59 Å². The van der Waals surface area contributed by atoms with E-state index in [1.54, 1.807) is 33.3 Å². The first-order valence-electron chi connectivity index (χ1n) is 8.96. The lowest BCUT2D eigenvalue weighted by molar-refractivity contribution is -0.123. The van der Waals surface area contributed by atoms with Crippen molar-refractivity contribution in [1.29, 1.82) is 0 Å². The molecular formula is C20H25N4O4. The summed E-state index contributed by atoms with van der Waals surface area (Å²) < 4.78 is 5.25. The maximum absolute atomic E-state index is 12.8. The molecule has 1 aromatic heterocycles. The predicted octanol–water partition coefficient (Wildman–Crippen LogP) is 1.68. The Morgan fingerprint density at radius 1 is 1.18 bits per heavy atom. The highest BCUT2D eigenvalue weighted by Gasteiger charge is 2.26. The van der Waals surface area contributed by atoms with Crippen LogP contribution >= 0.6 is 0 Å². The van der Waals surface area contributed by atoms with Crippen LogP contribution in [0.5, 0.6) is 0 Å². The van der Waals surface area contributed by atoms with Crippen LogP contribution in [0.3, 0.4) is 0 Å². The number of H-pyrrole nitrogens is 1. The summed E-state index contributed by atoms with van der Waals surface area (Å²) in [5, 5.41) is 5.19. The summed E-state index contributed by atoms with van der Waals surface area (Å²) in [7, 11) is 0. The molecule has 2 aromatic rings. The number of carbonyl (C=O) groups is 2. The zero-order valence-electron chi connectivity index (χ0n) is 16.2. The number of alkyl carbamates (subject to hydrolysis) is 1. The molecule has 2 unspecified atom stereocenters. The van der Waals surface area contributed by atoms with E-state index in [1.165, 1.54) is 6.33 Å².